The molecule has 4 nitrogen and oxygen atoms in total. The van der Waals surface area contributed by atoms with Crippen molar-refractivity contribution in [1.82, 2.24) is 10.6 Å². The topological polar surface area (TPSA) is 50.4 Å². The summed E-state index contributed by atoms with van der Waals surface area (Å²) in [6.45, 7) is 13.4. The van der Waals surface area contributed by atoms with E-state index >= 15 is 0 Å². The Labute approximate surface area is 141 Å². The summed E-state index contributed by atoms with van der Waals surface area (Å²) in [6.07, 6.45) is 1.73. The molecule has 0 aliphatic carbocycles. The summed E-state index contributed by atoms with van der Waals surface area (Å²) < 4.78 is 5.29. The van der Waals surface area contributed by atoms with Crippen LogP contribution < -0.4 is 10.6 Å². The van der Waals surface area contributed by atoms with Crippen molar-refractivity contribution in [2.75, 3.05) is 6.54 Å². The van der Waals surface area contributed by atoms with Crippen molar-refractivity contribution in [3.8, 4) is 0 Å². The highest BCUT2D eigenvalue weighted by Gasteiger charge is 2.17. The van der Waals surface area contributed by atoms with Crippen LogP contribution in [0.5, 0.6) is 0 Å². The minimum absolute atomic E-state index is 0.242. The molecule has 0 heterocycles. The van der Waals surface area contributed by atoms with Gasteiger partial charge in [-0.1, -0.05) is 31.5 Å². The van der Waals surface area contributed by atoms with Gasteiger partial charge in [0.05, 0.1) is 0 Å². The van der Waals surface area contributed by atoms with Crippen LogP contribution in [0.3, 0.4) is 0 Å². The third kappa shape index (κ3) is 7.51. The number of nitrogens with one attached hydrogen (secondary N) is 2. The Balaban J connectivity index is 2.54. The van der Waals surface area contributed by atoms with Crippen molar-refractivity contribution in [1.29, 1.82) is 0 Å². The summed E-state index contributed by atoms with van der Waals surface area (Å²) in [4.78, 5) is 11.8. The second-order valence-corrected chi connectivity index (χ2v) is 7.12. The van der Waals surface area contributed by atoms with Crippen LogP contribution in [-0.4, -0.2) is 24.3 Å². The van der Waals surface area contributed by atoms with Crippen LogP contribution in [0.2, 0.25) is 0 Å². The van der Waals surface area contributed by atoms with E-state index in [4.69, 9.17) is 4.74 Å². The number of alkyl carbamates (subject to hydrolysis) is 1. The number of benzene rings is 1. The number of carbonyl (C=O) groups is 1. The number of hydrogen-bond donors (Lipinski definition) is 2. The quantitative estimate of drug-likeness (QED) is 0.795. The molecule has 0 aliphatic heterocycles. The molecule has 1 rings (SSSR count). The predicted octanol–water partition coefficient (Wildman–Crippen LogP) is 4.09. The van der Waals surface area contributed by atoms with Crippen LogP contribution in [0.15, 0.2) is 18.2 Å². The molecule has 0 spiro atoms. The van der Waals surface area contributed by atoms with Gasteiger partial charge in [-0.3, -0.25) is 0 Å². The van der Waals surface area contributed by atoms with Gasteiger partial charge in [-0.15, -0.1) is 0 Å². The van der Waals surface area contributed by atoms with Crippen LogP contribution in [0.1, 0.15) is 57.2 Å². The van der Waals surface area contributed by atoms with Crippen LogP contribution in [0.25, 0.3) is 0 Å². The summed E-state index contributed by atoms with van der Waals surface area (Å²) in [6, 6.07) is 6.60. The van der Waals surface area contributed by atoms with Gasteiger partial charge in [-0.2, -0.15) is 0 Å². The second-order valence-electron chi connectivity index (χ2n) is 7.12. The van der Waals surface area contributed by atoms with Gasteiger partial charge >= 0.3 is 6.09 Å². The molecule has 0 saturated heterocycles. The minimum atomic E-state index is -0.462. The van der Waals surface area contributed by atoms with Crippen molar-refractivity contribution < 1.29 is 9.53 Å². The molecule has 23 heavy (non-hydrogen) atoms. The molecule has 0 aromatic heterocycles. The molecular weight excluding hydrogens is 288 g/mol. The van der Waals surface area contributed by atoms with E-state index in [0.29, 0.717) is 6.54 Å². The zero-order chi connectivity index (χ0) is 17.5. The summed E-state index contributed by atoms with van der Waals surface area (Å²) in [5.74, 6) is 0. The Morgan fingerprint density at radius 2 is 1.83 bits per heavy atom. The van der Waals surface area contributed by atoms with Gasteiger partial charge < -0.3 is 15.4 Å². The van der Waals surface area contributed by atoms with E-state index < -0.39 is 5.60 Å². The van der Waals surface area contributed by atoms with Crippen LogP contribution in [0.4, 0.5) is 4.79 Å². The lowest BCUT2D eigenvalue weighted by Gasteiger charge is -2.23. The fourth-order valence-corrected chi connectivity index (χ4v) is 2.52. The van der Waals surface area contributed by atoms with Gasteiger partial charge in [-0.25, -0.2) is 4.79 Å². The third-order valence-corrected chi connectivity index (χ3v) is 3.74. The van der Waals surface area contributed by atoms with E-state index in [9.17, 15) is 4.79 Å². The molecular formula is C19H32N2O2. The highest BCUT2D eigenvalue weighted by atomic mass is 16.6. The highest BCUT2D eigenvalue weighted by molar-refractivity contribution is 5.67. The Morgan fingerprint density at radius 1 is 1.22 bits per heavy atom. The number of aryl methyl sites for hydroxylation is 2. The van der Waals surface area contributed by atoms with Gasteiger partial charge in [0.15, 0.2) is 0 Å². The van der Waals surface area contributed by atoms with Gasteiger partial charge in [0.2, 0.25) is 0 Å². The molecule has 0 aliphatic rings. The van der Waals surface area contributed by atoms with Crippen molar-refractivity contribution in [3.05, 3.63) is 34.9 Å². The summed E-state index contributed by atoms with van der Waals surface area (Å²) in [7, 11) is 0. The van der Waals surface area contributed by atoms with Gasteiger partial charge in [0.25, 0.3) is 0 Å². The van der Waals surface area contributed by atoms with Crippen molar-refractivity contribution in [2.45, 2.75) is 72.6 Å². The van der Waals surface area contributed by atoms with E-state index in [1.54, 1.807) is 0 Å². The first-order valence-corrected chi connectivity index (χ1v) is 8.48. The number of hydrogen-bond acceptors (Lipinski definition) is 3. The molecule has 0 bridgehead atoms. The lowest BCUT2D eigenvalue weighted by Crippen LogP contribution is -2.42. The first-order chi connectivity index (χ1) is 10.7. The van der Waals surface area contributed by atoms with Crippen LogP contribution in [-0.2, 0) is 11.3 Å². The number of carbonyl (C=O) groups excluding carboxylic acids is 1. The fraction of sp³-hybridized carbons (Fsp3) is 0.632. The molecule has 1 unspecified atom stereocenters. The summed E-state index contributed by atoms with van der Waals surface area (Å²) in [5.41, 5.74) is 3.47. The zero-order valence-electron chi connectivity index (χ0n) is 15.5. The SMILES string of the molecule is CCCC(CNC(=O)OC(C)(C)C)NCc1c(C)cccc1C. The first kappa shape index (κ1) is 19.5. The normalized spacial score (nSPS) is 12.8. The minimum Gasteiger partial charge on any atom is -0.444 e. The van der Waals surface area contributed by atoms with E-state index in [1.165, 1.54) is 16.7 Å². The lowest BCUT2D eigenvalue weighted by molar-refractivity contribution is 0.0521. The molecule has 0 radical (unpaired) electrons. The monoisotopic (exact) mass is 320 g/mol. The number of amides is 1. The number of rotatable bonds is 7. The predicted molar refractivity (Wildman–Crippen MR) is 95.7 cm³/mol. The molecule has 1 aromatic carbocycles. The van der Waals surface area contributed by atoms with E-state index in [1.807, 2.05) is 20.8 Å². The molecule has 4 heteroatoms. The second kappa shape index (κ2) is 8.92. The highest BCUT2D eigenvalue weighted by Crippen LogP contribution is 2.13. The maximum Gasteiger partial charge on any atom is 0.407 e. The van der Waals surface area contributed by atoms with Gasteiger partial charge in [0.1, 0.15) is 5.60 Å². The molecule has 1 aromatic rings. The van der Waals surface area contributed by atoms with Crippen molar-refractivity contribution in [2.24, 2.45) is 0 Å². The Morgan fingerprint density at radius 3 is 2.35 bits per heavy atom. The largest absolute Gasteiger partial charge is 0.444 e. The maximum atomic E-state index is 11.8. The van der Waals surface area contributed by atoms with Gasteiger partial charge in [-0.05, 0) is 57.7 Å². The van der Waals surface area contributed by atoms with Crippen molar-refractivity contribution in [3.63, 3.8) is 0 Å². The average Bonchev–Trinajstić information content (AvgIpc) is 2.42. The molecule has 1 atom stereocenters. The van der Waals surface area contributed by atoms with E-state index in [2.05, 4.69) is 49.6 Å². The fourth-order valence-electron chi connectivity index (χ4n) is 2.52. The molecule has 130 valence electrons. The smallest absolute Gasteiger partial charge is 0.407 e. The third-order valence-electron chi connectivity index (χ3n) is 3.74. The zero-order valence-corrected chi connectivity index (χ0v) is 15.5. The Bertz CT molecular complexity index is 486. The summed E-state index contributed by atoms with van der Waals surface area (Å²) in [5, 5.41) is 6.43. The molecule has 0 fully saturated rings. The molecule has 0 saturated carbocycles. The Hall–Kier alpha value is -1.55. The first-order valence-electron chi connectivity index (χ1n) is 8.48. The van der Waals surface area contributed by atoms with Crippen molar-refractivity contribution >= 4 is 6.09 Å². The average molecular weight is 320 g/mol. The standard InChI is InChI=1S/C19H32N2O2/c1-7-9-16(12-21-18(22)23-19(4,5)6)20-13-17-14(2)10-8-11-15(17)3/h8,10-11,16,20H,7,9,12-13H2,1-6H3,(H,21,22). The van der Waals surface area contributed by atoms with Crippen LogP contribution in [0, 0.1) is 13.8 Å². The van der Waals surface area contributed by atoms with E-state index in [-0.39, 0.29) is 12.1 Å². The molecule has 1 amide bonds. The van der Waals surface area contributed by atoms with Crippen LogP contribution >= 0.6 is 0 Å². The van der Waals surface area contributed by atoms with E-state index in [0.717, 1.165) is 19.4 Å². The maximum absolute atomic E-state index is 11.8. The number of ether oxygens (including phenoxy) is 1. The Kier molecular flexibility index (Phi) is 7.56. The molecule has 2 N–H and O–H groups in total. The summed E-state index contributed by atoms with van der Waals surface area (Å²) >= 11 is 0. The van der Waals surface area contributed by atoms with Gasteiger partial charge in [0, 0.05) is 19.1 Å². The lowest BCUT2D eigenvalue weighted by atomic mass is 10.0.